The summed E-state index contributed by atoms with van der Waals surface area (Å²) in [7, 11) is 1.54. The van der Waals surface area contributed by atoms with E-state index < -0.39 is 23.4 Å². The monoisotopic (exact) mass is 348 g/mol. The van der Waals surface area contributed by atoms with Gasteiger partial charge in [0.15, 0.2) is 5.79 Å². The van der Waals surface area contributed by atoms with Crippen LogP contribution in [0.15, 0.2) is 0 Å². The topological polar surface area (TPSA) is 83.5 Å². The average molecular weight is 348 g/mol. The number of methoxy groups -OCH3 is 1. The molecule has 7 heteroatoms. The third-order valence-corrected chi connectivity index (χ3v) is 3.65. The molecule has 7 nitrogen and oxygen atoms in total. The lowest BCUT2D eigenvalue weighted by Gasteiger charge is -2.26. The molecule has 0 aromatic rings. The van der Waals surface area contributed by atoms with Crippen molar-refractivity contribution in [2.24, 2.45) is 5.41 Å². The van der Waals surface area contributed by atoms with Crippen LogP contribution in [0.5, 0.6) is 0 Å². The van der Waals surface area contributed by atoms with E-state index in [1.54, 1.807) is 21.0 Å². The van der Waals surface area contributed by atoms with Crippen molar-refractivity contribution in [3.05, 3.63) is 0 Å². The van der Waals surface area contributed by atoms with Crippen LogP contribution in [0.1, 0.15) is 47.5 Å². The predicted molar refractivity (Wildman–Crippen MR) is 87.3 cm³/mol. The summed E-state index contributed by atoms with van der Waals surface area (Å²) in [5.41, 5.74) is -0.514. The standard InChI is InChI=1S/C17H32O7/c1-16(2,3)15(19)21-9-7-8-12(22-11-20-6)14-13(10-18)23-17(4,5)24-14/h12-14,18H,7-11H2,1-6H3/t12-,13-,14+/m1/s1. The minimum Gasteiger partial charge on any atom is -0.465 e. The second kappa shape index (κ2) is 9.10. The van der Waals surface area contributed by atoms with Crippen molar-refractivity contribution in [2.45, 2.75) is 71.6 Å². The van der Waals surface area contributed by atoms with Gasteiger partial charge >= 0.3 is 5.97 Å². The molecule has 1 rings (SSSR count). The van der Waals surface area contributed by atoms with Crippen molar-refractivity contribution in [1.82, 2.24) is 0 Å². The number of carbonyl (C=O) groups is 1. The Balaban J connectivity index is 2.55. The maximum atomic E-state index is 11.8. The maximum absolute atomic E-state index is 11.8. The SMILES string of the molecule is COCO[C@H](CCCOC(=O)C(C)(C)C)[C@@H]1OC(C)(C)O[C@@H]1CO. The zero-order chi connectivity index (χ0) is 18.4. The highest BCUT2D eigenvalue weighted by Gasteiger charge is 2.45. The smallest absolute Gasteiger partial charge is 0.311 e. The van der Waals surface area contributed by atoms with Crippen molar-refractivity contribution in [2.75, 3.05) is 27.1 Å². The number of rotatable bonds is 9. The lowest BCUT2D eigenvalue weighted by atomic mass is 9.97. The van der Waals surface area contributed by atoms with Crippen LogP contribution in [0, 0.1) is 5.41 Å². The lowest BCUT2D eigenvalue weighted by molar-refractivity contribution is -0.172. The molecule has 142 valence electrons. The Morgan fingerprint density at radius 2 is 1.96 bits per heavy atom. The molecular formula is C17H32O7. The Morgan fingerprint density at radius 1 is 1.29 bits per heavy atom. The van der Waals surface area contributed by atoms with E-state index in [1.807, 2.05) is 20.8 Å². The molecule has 1 aliphatic heterocycles. The lowest BCUT2D eigenvalue weighted by Crippen LogP contribution is -2.39. The van der Waals surface area contributed by atoms with Crippen LogP contribution in [0.4, 0.5) is 0 Å². The molecule has 0 amide bonds. The Kier molecular flexibility index (Phi) is 8.08. The van der Waals surface area contributed by atoms with Crippen LogP contribution in [0.2, 0.25) is 0 Å². The van der Waals surface area contributed by atoms with Gasteiger partial charge in [0.2, 0.25) is 0 Å². The van der Waals surface area contributed by atoms with Crippen LogP contribution in [0.25, 0.3) is 0 Å². The second-order valence-electron chi connectivity index (χ2n) is 7.46. The molecule has 0 bridgehead atoms. The van der Waals surface area contributed by atoms with Gasteiger partial charge in [-0.25, -0.2) is 0 Å². The first kappa shape index (κ1) is 21.3. The predicted octanol–water partition coefficient (Wildman–Crippen LogP) is 1.86. The van der Waals surface area contributed by atoms with E-state index in [4.69, 9.17) is 23.7 Å². The molecule has 0 saturated carbocycles. The van der Waals surface area contributed by atoms with Gasteiger partial charge in [-0.05, 0) is 47.5 Å². The molecule has 24 heavy (non-hydrogen) atoms. The minimum atomic E-state index is -0.772. The zero-order valence-corrected chi connectivity index (χ0v) is 15.7. The molecule has 1 N–H and O–H groups in total. The molecule has 0 aliphatic carbocycles. The van der Waals surface area contributed by atoms with Crippen LogP contribution in [0.3, 0.4) is 0 Å². The van der Waals surface area contributed by atoms with E-state index in [2.05, 4.69) is 0 Å². The van der Waals surface area contributed by atoms with Gasteiger partial charge in [-0.2, -0.15) is 0 Å². The number of aliphatic hydroxyl groups excluding tert-OH is 1. The Hall–Kier alpha value is -0.730. The van der Waals surface area contributed by atoms with Gasteiger partial charge in [-0.1, -0.05) is 0 Å². The Bertz CT molecular complexity index is 389. The van der Waals surface area contributed by atoms with Gasteiger partial charge in [-0.3, -0.25) is 4.79 Å². The Labute approximate surface area is 144 Å². The van der Waals surface area contributed by atoms with E-state index in [1.165, 1.54) is 0 Å². The van der Waals surface area contributed by atoms with Crippen LogP contribution < -0.4 is 0 Å². The van der Waals surface area contributed by atoms with Crippen molar-refractivity contribution in [3.63, 3.8) is 0 Å². The van der Waals surface area contributed by atoms with Crippen molar-refractivity contribution in [3.8, 4) is 0 Å². The van der Waals surface area contributed by atoms with Gasteiger partial charge in [0, 0.05) is 7.11 Å². The first-order chi connectivity index (χ1) is 11.1. The summed E-state index contributed by atoms with van der Waals surface area (Å²) >= 11 is 0. The van der Waals surface area contributed by atoms with Crippen molar-refractivity contribution in [1.29, 1.82) is 0 Å². The molecule has 1 heterocycles. The number of ether oxygens (including phenoxy) is 5. The fourth-order valence-corrected chi connectivity index (χ4v) is 2.48. The Morgan fingerprint density at radius 3 is 2.50 bits per heavy atom. The molecule has 1 fully saturated rings. The van der Waals surface area contributed by atoms with E-state index in [9.17, 15) is 9.90 Å². The summed E-state index contributed by atoms with van der Waals surface area (Å²) in [6.07, 6.45) is 0.0328. The molecule has 0 radical (unpaired) electrons. The first-order valence-corrected chi connectivity index (χ1v) is 8.35. The van der Waals surface area contributed by atoms with E-state index in [0.29, 0.717) is 19.4 Å². The number of carbonyl (C=O) groups excluding carboxylic acids is 1. The van der Waals surface area contributed by atoms with E-state index in [0.717, 1.165) is 0 Å². The summed E-state index contributed by atoms with van der Waals surface area (Å²) < 4.78 is 27.5. The number of hydrogen-bond acceptors (Lipinski definition) is 7. The molecule has 1 aliphatic rings. The highest BCUT2D eigenvalue weighted by atomic mass is 16.8. The summed E-state index contributed by atoms with van der Waals surface area (Å²) in [4.78, 5) is 11.8. The largest absolute Gasteiger partial charge is 0.465 e. The normalized spacial score (nSPS) is 24.8. The molecule has 3 atom stereocenters. The quantitative estimate of drug-likeness (QED) is 0.387. The van der Waals surface area contributed by atoms with Crippen molar-refractivity contribution < 1.29 is 33.6 Å². The summed E-state index contributed by atoms with van der Waals surface area (Å²) in [5, 5.41) is 9.52. The molecule has 0 aromatic heterocycles. The fourth-order valence-electron chi connectivity index (χ4n) is 2.48. The molecule has 1 saturated heterocycles. The van der Waals surface area contributed by atoms with Crippen LogP contribution >= 0.6 is 0 Å². The number of esters is 1. The fraction of sp³-hybridized carbons (Fsp3) is 0.941. The first-order valence-electron chi connectivity index (χ1n) is 8.35. The van der Waals surface area contributed by atoms with Crippen molar-refractivity contribution >= 4 is 5.97 Å². The third-order valence-electron chi connectivity index (χ3n) is 3.65. The maximum Gasteiger partial charge on any atom is 0.311 e. The second-order valence-corrected chi connectivity index (χ2v) is 7.46. The summed E-state index contributed by atoms with van der Waals surface area (Å²) in [6.45, 7) is 9.32. The average Bonchev–Trinajstić information content (AvgIpc) is 2.80. The van der Waals surface area contributed by atoms with Gasteiger partial charge in [0.25, 0.3) is 0 Å². The van der Waals surface area contributed by atoms with Gasteiger partial charge in [0.05, 0.1) is 24.7 Å². The van der Waals surface area contributed by atoms with E-state index >= 15 is 0 Å². The van der Waals surface area contributed by atoms with Gasteiger partial charge < -0.3 is 28.8 Å². The molecule has 0 aromatic carbocycles. The molecule has 0 spiro atoms. The van der Waals surface area contributed by atoms with Crippen LogP contribution in [-0.2, 0) is 28.5 Å². The van der Waals surface area contributed by atoms with E-state index in [-0.39, 0.29) is 25.5 Å². The summed E-state index contributed by atoms with van der Waals surface area (Å²) in [5.74, 6) is -1.00. The number of hydrogen-bond donors (Lipinski definition) is 1. The molecule has 0 unspecified atom stereocenters. The molecular weight excluding hydrogens is 316 g/mol. The zero-order valence-electron chi connectivity index (χ0n) is 15.7. The third kappa shape index (κ3) is 6.64. The van der Waals surface area contributed by atoms with Crippen LogP contribution in [-0.4, -0.2) is 62.3 Å². The minimum absolute atomic E-state index is 0.116. The highest BCUT2D eigenvalue weighted by Crippen LogP contribution is 2.32. The highest BCUT2D eigenvalue weighted by molar-refractivity contribution is 5.75. The van der Waals surface area contributed by atoms with Gasteiger partial charge in [0.1, 0.15) is 19.0 Å². The number of aliphatic hydroxyl groups is 1. The van der Waals surface area contributed by atoms with Gasteiger partial charge in [-0.15, -0.1) is 0 Å². The summed E-state index contributed by atoms with van der Waals surface area (Å²) in [6, 6.07) is 0.